The van der Waals surface area contributed by atoms with Crippen molar-refractivity contribution in [2.24, 2.45) is 0 Å². The number of allylic oxidation sites excluding steroid dienone is 2. The van der Waals surface area contributed by atoms with E-state index in [-0.39, 0.29) is 23.9 Å². The fourth-order valence-corrected chi connectivity index (χ4v) is 1.42. The quantitative estimate of drug-likeness (QED) is 0.839. The smallest absolute Gasteiger partial charge is 0.396 e. The van der Waals surface area contributed by atoms with Gasteiger partial charge >= 0.3 is 6.18 Å². The van der Waals surface area contributed by atoms with Crippen molar-refractivity contribution in [3.8, 4) is 0 Å². The van der Waals surface area contributed by atoms with Crippen LogP contribution in [0.3, 0.4) is 0 Å². The number of halogens is 3. The molecule has 0 bridgehead atoms. The van der Waals surface area contributed by atoms with Crippen molar-refractivity contribution >= 4 is 5.69 Å². The molecule has 0 aromatic carbocycles. The fourth-order valence-electron chi connectivity index (χ4n) is 1.42. The lowest BCUT2D eigenvalue weighted by Gasteiger charge is -2.11. The molecule has 0 spiro atoms. The van der Waals surface area contributed by atoms with Crippen molar-refractivity contribution in [3.05, 3.63) is 29.9 Å². The van der Waals surface area contributed by atoms with Gasteiger partial charge in [-0.1, -0.05) is 19.1 Å². The molecule has 4 nitrogen and oxygen atoms in total. The van der Waals surface area contributed by atoms with Crippen LogP contribution in [0.4, 0.5) is 18.9 Å². The van der Waals surface area contributed by atoms with E-state index in [9.17, 15) is 13.2 Å². The van der Waals surface area contributed by atoms with Gasteiger partial charge in [-0.05, 0) is 6.92 Å². The molecule has 0 aliphatic rings. The number of ether oxygens (including phenoxy) is 1. The predicted molar refractivity (Wildman–Crippen MR) is 65.4 cm³/mol. The lowest BCUT2D eigenvalue weighted by atomic mass is 10.1. The monoisotopic (exact) mass is 275 g/mol. The molecular formula is C12H16F3N3O. The second kappa shape index (κ2) is 6.51. The van der Waals surface area contributed by atoms with E-state index in [0.29, 0.717) is 5.82 Å². The molecule has 7 heteroatoms. The maximum absolute atomic E-state index is 12.0. The average Bonchev–Trinajstić information content (AvgIpc) is 2.30. The maximum atomic E-state index is 12.0. The fraction of sp³-hybridized carbons (Fsp3) is 0.500. The molecule has 0 fully saturated rings. The van der Waals surface area contributed by atoms with Crippen molar-refractivity contribution in [2.45, 2.75) is 32.5 Å². The Morgan fingerprint density at radius 1 is 1.47 bits per heavy atom. The molecule has 0 amide bonds. The molecular weight excluding hydrogens is 259 g/mol. The standard InChI is InChI=1S/C12H16F3N3O/c1-3-4-8(2)11-17-5-9(16)10(18-11)6-19-7-12(13,14)15/h3-5,8H,6-7,16H2,1-2H3/b4-3-. The number of anilines is 1. The first-order valence-electron chi connectivity index (χ1n) is 5.72. The van der Waals surface area contributed by atoms with Crippen LogP contribution in [0.1, 0.15) is 31.3 Å². The largest absolute Gasteiger partial charge is 0.411 e. The summed E-state index contributed by atoms with van der Waals surface area (Å²) in [5, 5.41) is 0. The highest BCUT2D eigenvalue weighted by Gasteiger charge is 2.27. The molecule has 0 radical (unpaired) electrons. The van der Waals surface area contributed by atoms with Crippen LogP contribution < -0.4 is 5.73 Å². The summed E-state index contributed by atoms with van der Waals surface area (Å²) in [5.41, 5.74) is 6.10. The third-order valence-corrected chi connectivity index (χ3v) is 2.31. The molecule has 1 rings (SSSR count). The van der Waals surface area contributed by atoms with Gasteiger partial charge in [-0.15, -0.1) is 0 Å². The number of rotatable bonds is 5. The lowest BCUT2D eigenvalue weighted by Crippen LogP contribution is -2.17. The van der Waals surface area contributed by atoms with Gasteiger partial charge in [-0.25, -0.2) is 9.97 Å². The number of nitrogens with zero attached hydrogens (tertiary/aromatic N) is 2. The Hall–Kier alpha value is -1.63. The summed E-state index contributed by atoms with van der Waals surface area (Å²) in [4.78, 5) is 8.18. The molecule has 0 saturated heterocycles. The first-order valence-corrected chi connectivity index (χ1v) is 5.72. The van der Waals surface area contributed by atoms with Crippen molar-refractivity contribution in [2.75, 3.05) is 12.3 Å². The van der Waals surface area contributed by atoms with Crippen LogP contribution in [-0.2, 0) is 11.3 Å². The SMILES string of the molecule is C/C=C\C(C)c1ncc(N)c(COCC(F)(F)F)n1. The first kappa shape index (κ1) is 15.4. The molecule has 19 heavy (non-hydrogen) atoms. The minimum Gasteiger partial charge on any atom is -0.396 e. The maximum Gasteiger partial charge on any atom is 0.411 e. The minimum absolute atomic E-state index is 0.0352. The number of hydrogen-bond donors (Lipinski definition) is 1. The summed E-state index contributed by atoms with van der Waals surface area (Å²) in [5.74, 6) is 0.463. The average molecular weight is 275 g/mol. The predicted octanol–water partition coefficient (Wildman–Crippen LogP) is 2.82. The zero-order chi connectivity index (χ0) is 14.5. The normalized spacial score (nSPS) is 13.9. The van der Waals surface area contributed by atoms with E-state index < -0.39 is 12.8 Å². The van der Waals surface area contributed by atoms with E-state index in [2.05, 4.69) is 14.7 Å². The topological polar surface area (TPSA) is 61.0 Å². The van der Waals surface area contributed by atoms with Crippen LogP contribution in [-0.4, -0.2) is 22.8 Å². The third-order valence-electron chi connectivity index (χ3n) is 2.31. The molecule has 0 aliphatic carbocycles. The molecule has 106 valence electrons. The van der Waals surface area contributed by atoms with E-state index in [4.69, 9.17) is 5.73 Å². The molecule has 1 unspecified atom stereocenters. The lowest BCUT2D eigenvalue weighted by molar-refractivity contribution is -0.176. The van der Waals surface area contributed by atoms with Crippen LogP contribution in [0.25, 0.3) is 0 Å². The van der Waals surface area contributed by atoms with Crippen LogP contribution in [0.5, 0.6) is 0 Å². The molecule has 1 aromatic rings. The van der Waals surface area contributed by atoms with Crippen molar-refractivity contribution in [1.82, 2.24) is 9.97 Å². The number of hydrogen-bond acceptors (Lipinski definition) is 4. The van der Waals surface area contributed by atoms with Crippen molar-refractivity contribution in [1.29, 1.82) is 0 Å². The van der Waals surface area contributed by atoms with Crippen LogP contribution in [0.15, 0.2) is 18.3 Å². The summed E-state index contributed by atoms with van der Waals surface area (Å²) in [7, 11) is 0. The van der Waals surface area contributed by atoms with Gasteiger partial charge in [0.1, 0.15) is 12.4 Å². The van der Waals surface area contributed by atoms with Gasteiger partial charge in [-0.3, -0.25) is 0 Å². The Morgan fingerprint density at radius 2 is 2.16 bits per heavy atom. The highest BCUT2D eigenvalue weighted by atomic mass is 19.4. The Bertz CT molecular complexity index is 446. The minimum atomic E-state index is -4.36. The van der Waals surface area contributed by atoms with Gasteiger partial charge in [0.2, 0.25) is 0 Å². The number of alkyl halides is 3. The van der Waals surface area contributed by atoms with Crippen LogP contribution in [0.2, 0.25) is 0 Å². The van der Waals surface area contributed by atoms with Crippen LogP contribution in [0, 0.1) is 0 Å². The molecule has 1 atom stereocenters. The highest BCUT2D eigenvalue weighted by Crippen LogP contribution is 2.18. The zero-order valence-corrected chi connectivity index (χ0v) is 10.7. The summed E-state index contributed by atoms with van der Waals surface area (Å²) in [6.45, 7) is 2.13. The van der Waals surface area contributed by atoms with Crippen molar-refractivity contribution < 1.29 is 17.9 Å². The first-order chi connectivity index (χ1) is 8.83. The van der Waals surface area contributed by atoms with E-state index in [1.807, 2.05) is 26.0 Å². The van der Waals surface area contributed by atoms with Gasteiger partial charge in [0.05, 0.1) is 24.2 Å². The summed E-state index contributed by atoms with van der Waals surface area (Å²) in [6.07, 6.45) is 0.758. The molecule has 0 saturated carbocycles. The summed E-state index contributed by atoms with van der Waals surface area (Å²) >= 11 is 0. The van der Waals surface area contributed by atoms with Gasteiger partial charge in [0.15, 0.2) is 0 Å². The second-order valence-corrected chi connectivity index (χ2v) is 4.05. The van der Waals surface area contributed by atoms with Crippen molar-refractivity contribution in [3.63, 3.8) is 0 Å². The van der Waals surface area contributed by atoms with E-state index in [0.717, 1.165) is 0 Å². The Labute approximate surface area is 109 Å². The Kier molecular flexibility index (Phi) is 5.29. The third kappa shape index (κ3) is 5.25. The Morgan fingerprint density at radius 3 is 2.74 bits per heavy atom. The molecule has 0 aliphatic heterocycles. The van der Waals surface area contributed by atoms with E-state index in [1.54, 1.807) is 0 Å². The van der Waals surface area contributed by atoms with Gasteiger partial charge in [0.25, 0.3) is 0 Å². The zero-order valence-electron chi connectivity index (χ0n) is 10.7. The van der Waals surface area contributed by atoms with Gasteiger partial charge in [0, 0.05) is 5.92 Å². The van der Waals surface area contributed by atoms with Gasteiger partial charge in [-0.2, -0.15) is 13.2 Å². The van der Waals surface area contributed by atoms with E-state index in [1.165, 1.54) is 6.20 Å². The second-order valence-electron chi connectivity index (χ2n) is 4.05. The van der Waals surface area contributed by atoms with E-state index >= 15 is 0 Å². The molecule has 1 aromatic heterocycles. The molecule has 2 N–H and O–H groups in total. The van der Waals surface area contributed by atoms with Gasteiger partial charge < -0.3 is 10.5 Å². The molecule has 1 heterocycles. The number of nitrogens with two attached hydrogens (primary N) is 1. The highest BCUT2D eigenvalue weighted by molar-refractivity contribution is 5.40. The summed E-state index contributed by atoms with van der Waals surface area (Å²) < 4.78 is 40.5. The Balaban J connectivity index is 2.74. The summed E-state index contributed by atoms with van der Waals surface area (Å²) in [6, 6.07) is 0. The van der Waals surface area contributed by atoms with Crippen LogP contribution >= 0.6 is 0 Å². The number of aromatic nitrogens is 2. The number of nitrogen functional groups attached to an aromatic ring is 1.